The SMILES string of the molecule is Cc1cccc(Nc2nc(Nc3ccc(Cl)cc3)nc3c2C(=O)CC(C)(C)C3)c1C. The van der Waals surface area contributed by atoms with Gasteiger partial charge in [0.25, 0.3) is 0 Å². The number of anilines is 4. The van der Waals surface area contributed by atoms with Crippen LogP contribution in [0.3, 0.4) is 0 Å². The zero-order chi connectivity index (χ0) is 21.5. The summed E-state index contributed by atoms with van der Waals surface area (Å²) in [4.78, 5) is 22.4. The molecule has 154 valence electrons. The summed E-state index contributed by atoms with van der Waals surface area (Å²) in [6.45, 7) is 8.32. The van der Waals surface area contributed by atoms with E-state index in [-0.39, 0.29) is 11.2 Å². The van der Waals surface area contributed by atoms with Crippen LogP contribution in [0.4, 0.5) is 23.1 Å². The van der Waals surface area contributed by atoms with Gasteiger partial charge in [-0.2, -0.15) is 4.98 Å². The Bertz CT molecular complexity index is 1120. The predicted octanol–water partition coefficient (Wildman–Crippen LogP) is 6.39. The van der Waals surface area contributed by atoms with Gasteiger partial charge in [-0.3, -0.25) is 4.79 Å². The number of aryl methyl sites for hydroxylation is 1. The summed E-state index contributed by atoms with van der Waals surface area (Å²) in [5.74, 6) is 1.08. The molecule has 1 heterocycles. The molecule has 0 bridgehead atoms. The number of Topliss-reactive ketones (excluding diaryl/α,β-unsaturated/α-hetero) is 1. The van der Waals surface area contributed by atoms with E-state index in [1.54, 1.807) is 0 Å². The molecule has 0 aliphatic heterocycles. The molecule has 0 unspecified atom stereocenters. The van der Waals surface area contributed by atoms with Crippen molar-refractivity contribution < 1.29 is 4.79 Å². The lowest BCUT2D eigenvalue weighted by atomic mass is 9.75. The first-order valence-corrected chi connectivity index (χ1v) is 10.4. The molecule has 0 saturated carbocycles. The van der Waals surface area contributed by atoms with Gasteiger partial charge in [-0.1, -0.05) is 37.6 Å². The van der Waals surface area contributed by atoms with Crippen LogP contribution in [0.1, 0.15) is 47.4 Å². The third-order valence-corrected chi connectivity index (χ3v) is 5.76. The number of ketones is 1. The van der Waals surface area contributed by atoms with E-state index in [1.807, 2.05) is 36.4 Å². The molecule has 30 heavy (non-hydrogen) atoms. The molecule has 2 aromatic carbocycles. The van der Waals surface area contributed by atoms with Crippen LogP contribution < -0.4 is 10.6 Å². The second kappa shape index (κ2) is 7.73. The number of fused-ring (bicyclic) bond motifs is 1. The molecule has 0 fully saturated rings. The van der Waals surface area contributed by atoms with Crippen molar-refractivity contribution in [1.29, 1.82) is 0 Å². The molecule has 6 heteroatoms. The van der Waals surface area contributed by atoms with E-state index in [1.165, 1.54) is 5.56 Å². The van der Waals surface area contributed by atoms with E-state index in [4.69, 9.17) is 16.6 Å². The number of aromatic nitrogens is 2. The number of halogens is 1. The van der Waals surface area contributed by atoms with Crippen LogP contribution in [-0.4, -0.2) is 15.8 Å². The monoisotopic (exact) mass is 420 g/mol. The van der Waals surface area contributed by atoms with Gasteiger partial charge in [0.05, 0.1) is 11.3 Å². The largest absolute Gasteiger partial charge is 0.339 e. The summed E-state index contributed by atoms with van der Waals surface area (Å²) in [5, 5.41) is 7.31. The molecule has 2 N–H and O–H groups in total. The van der Waals surface area contributed by atoms with Gasteiger partial charge in [-0.15, -0.1) is 0 Å². The van der Waals surface area contributed by atoms with Crippen LogP contribution in [0.5, 0.6) is 0 Å². The van der Waals surface area contributed by atoms with Gasteiger partial charge in [-0.05, 0) is 67.1 Å². The Morgan fingerprint density at radius 2 is 1.70 bits per heavy atom. The Balaban J connectivity index is 1.79. The van der Waals surface area contributed by atoms with Crippen molar-refractivity contribution in [3.05, 3.63) is 69.9 Å². The lowest BCUT2D eigenvalue weighted by molar-refractivity contribution is 0.0911. The summed E-state index contributed by atoms with van der Waals surface area (Å²) < 4.78 is 0. The standard InChI is InChI=1S/C24H25ClN4O/c1-14-6-5-7-18(15(14)2)27-22-21-19(12-24(3,4)13-20(21)30)28-23(29-22)26-17-10-8-16(25)9-11-17/h5-11H,12-13H2,1-4H3,(H2,26,27,28,29). The van der Waals surface area contributed by atoms with E-state index < -0.39 is 0 Å². The molecule has 1 aliphatic rings. The number of benzene rings is 2. The maximum absolute atomic E-state index is 13.0. The van der Waals surface area contributed by atoms with E-state index in [0.717, 1.165) is 22.6 Å². The first kappa shape index (κ1) is 20.4. The van der Waals surface area contributed by atoms with Crippen LogP contribution in [0.25, 0.3) is 0 Å². The van der Waals surface area contributed by atoms with E-state index in [9.17, 15) is 4.79 Å². The van der Waals surface area contributed by atoms with Crippen molar-refractivity contribution in [2.75, 3.05) is 10.6 Å². The molecule has 5 nitrogen and oxygen atoms in total. The number of carbonyl (C=O) groups excluding carboxylic acids is 1. The van der Waals surface area contributed by atoms with Crippen LogP contribution in [0, 0.1) is 19.3 Å². The third-order valence-electron chi connectivity index (χ3n) is 5.51. The summed E-state index contributed by atoms with van der Waals surface area (Å²) in [6.07, 6.45) is 1.20. The minimum Gasteiger partial charge on any atom is -0.339 e. The van der Waals surface area contributed by atoms with Crippen LogP contribution in [0.2, 0.25) is 5.02 Å². The topological polar surface area (TPSA) is 66.9 Å². The lowest BCUT2D eigenvalue weighted by Gasteiger charge is -2.30. The smallest absolute Gasteiger partial charge is 0.229 e. The Kier molecular flexibility index (Phi) is 5.24. The average Bonchev–Trinajstić information content (AvgIpc) is 2.66. The van der Waals surface area contributed by atoms with E-state index in [2.05, 4.69) is 49.4 Å². The number of nitrogens with one attached hydrogen (secondary N) is 2. The highest BCUT2D eigenvalue weighted by atomic mass is 35.5. The fourth-order valence-corrected chi connectivity index (χ4v) is 3.92. The summed E-state index contributed by atoms with van der Waals surface area (Å²) in [6, 6.07) is 13.4. The number of hydrogen-bond acceptors (Lipinski definition) is 5. The summed E-state index contributed by atoms with van der Waals surface area (Å²) in [5.41, 5.74) is 5.30. The number of hydrogen-bond donors (Lipinski definition) is 2. The normalized spacial score (nSPS) is 14.9. The highest BCUT2D eigenvalue weighted by Gasteiger charge is 2.35. The first-order valence-electron chi connectivity index (χ1n) is 10.0. The van der Waals surface area contributed by atoms with Gasteiger partial charge in [0, 0.05) is 22.8 Å². The zero-order valence-electron chi connectivity index (χ0n) is 17.6. The molecule has 4 rings (SSSR count). The maximum atomic E-state index is 13.0. The molecule has 0 atom stereocenters. The van der Waals surface area contributed by atoms with Gasteiger partial charge < -0.3 is 10.6 Å². The molecule has 0 radical (unpaired) electrons. The van der Waals surface area contributed by atoms with Crippen molar-refractivity contribution >= 4 is 40.5 Å². The quantitative estimate of drug-likeness (QED) is 0.511. The second-order valence-electron chi connectivity index (χ2n) is 8.66. The minimum absolute atomic E-state index is 0.0760. The van der Waals surface area contributed by atoms with E-state index in [0.29, 0.717) is 35.2 Å². The zero-order valence-corrected chi connectivity index (χ0v) is 18.4. The first-order chi connectivity index (χ1) is 14.2. The van der Waals surface area contributed by atoms with Crippen molar-refractivity contribution in [3.63, 3.8) is 0 Å². The Morgan fingerprint density at radius 3 is 2.43 bits per heavy atom. The van der Waals surface area contributed by atoms with Crippen LogP contribution in [0.15, 0.2) is 42.5 Å². The van der Waals surface area contributed by atoms with Crippen LogP contribution >= 0.6 is 11.6 Å². The number of rotatable bonds is 4. The minimum atomic E-state index is -0.132. The Labute approximate surface area is 181 Å². The average molecular weight is 421 g/mol. The molecular weight excluding hydrogens is 396 g/mol. The number of nitrogens with zero attached hydrogens (tertiary/aromatic N) is 2. The Hall–Kier alpha value is -2.92. The summed E-state index contributed by atoms with van der Waals surface area (Å²) in [7, 11) is 0. The summed E-state index contributed by atoms with van der Waals surface area (Å²) >= 11 is 5.99. The van der Waals surface area contributed by atoms with Crippen molar-refractivity contribution in [2.45, 2.75) is 40.5 Å². The third kappa shape index (κ3) is 4.17. The van der Waals surface area contributed by atoms with Gasteiger partial charge in [-0.25, -0.2) is 4.98 Å². The highest BCUT2D eigenvalue weighted by Crippen LogP contribution is 2.38. The van der Waals surface area contributed by atoms with Crippen molar-refractivity contribution in [2.24, 2.45) is 5.41 Å². The molecular formula is C24H25ClN4O. The lowest BCUT2D eigenvalue weighted by Crippen LogP contribution is -2.29. The second-order valence-corrected chi connectivity index (χ2v) is 9.10. The molecule has 1 aromatic heterocycles. The van der Waals surface area contributed by atoms with Gasteiger partial charge >= 0.3 is 0 Å². The van der Waals surface area contributed by atoms with Gasteiger partial charge in [0.2, 0.25) is 5.95 Å². The van der Waals surface area contributed by atoms with Gasteiger partial charge in [0.15, 0.2) is 5.78 Å². The molecule has 0 amide bonds. The molecule has 1 aliphatic carbocycles. The van der Waals surface area contributed by atoms with Crippen molar-refractivity contribution in [1.82, 2.24) is 9.97 Å². The maximum Gasteiger partial charge on any atom is 0.229 e. The van der Waals surface area contributed by atoms with E-state index >= 15 is 0 Å². The van der Waals surface area contributed by atoms with Crippen molar-refractivity contribution in [3.8, 4) is 0 Å². The Morgan fingerprint density at radius 1 is 0.967 bits per heavy atom. The van der Waals surface area contributed by atoms with Crippen LogP contribution in [-0.2, 0) is 6.42 Å². The fourth-order valence-electron chi connectivity index (χ4n) is 3.79. The molecule has 3 aromatic rings. The highest BCUT2D eigenvalue weighted by molar-refractivity contribution is 6.30. The number of carbonyl (C=O) groups is 1. The fraction of sp³-hybridized carbons (Fsp3) is 0.292. The van der Waals surface area contributed by atoms with Gasteiger partial charge in [0.1, 0.15) is 5.82 Å². The molecule has 0 saturated heterocycles. The predicted molar refractivity (Wildman–Crippen MR) is 122 cm³/mol. The molecule has 0 spiro atoms.